The molecular weight excluding hydrogens is 184 g/mol. The number of hydrogen-bond donors (Lipinski definition) is 2. The summed E-state index contributed by atoms with van der Waals surface area (Å²) in [6, 6.07) is -0.0240. The second-order valence-corrected chi connectivity index (χ2v) is 4.35. The van der Waals surface area contributed by atoms with Gasteiger partial charge in [0.2, 0.25) is 0 Å². The van der Waals surface area contributed by atoms with E-state index in [1.165, 1.54) is 0 Å². The maximum Gasteiger partial charge on any atom is 0.122 e. The first-order valence-electron chi connectivity index (χ1n) is 5.53. The standard InChI is InChI=1S/C9H18N2O3/c12-10-8-4-2-1-3-5-9(7-6-8)11(13)14-10/h8-11H,1-7H2. The van der Waals surface area contributed by atoms with Gasteiger partial charge in [-0.2, -0.15) is 10.5 Å². The van der Waals surface area contributed by atoms with Gasteiger partial charge in [-0.05, 0) is 17.8 Å². The Morgan fingerprint density at radius 2 is 1.29 bits per heavy atom. The Hall–Kier alpha value is -0.200. The van der Waals surface area contributed by atoms with Gasteiger partial charge in [0.25, 0.3) is 0 Å². The minimum atomic E-state index is -0.278. The monoisotopic (exact) mass is 202 g/mol. The van der Waals surface area contributed by atoms with Gasteiger partial charge in [-0.25, -0.2) is 0 Å². The van der Waals surface area contributed by atoms with Crippen LogP contribution in [0.4, 0.5) is 0 Å². The van der Waals surface area contributed by atoms with Crippen LogP contribution in [0.3, 0.4) is 0 Å². The van der Waals surface area contributed by atoms with Crippen molar-refractivity contribution in [3.05, 3.63) is 10.4 Å². The van der Waals surface area contributed by atoms with Crippen molar-refractivity contribution < 1.29 is 15.4 Å². The molecule has 82 valence electrons. The number of fused-ring (bicyclic) bond motifs is 3. The molecule has 5 nitrogen and oxygen atoms in total. The Balaban J connectivity index is 2.07. The molecule has 1 heterocycles. The van der Waals surface area contributed by atoms with Crippen molar-refractivity contribution in [2.45, 2.75) is 57.0 Å². The van der Waals surface area contributed by atoms with Crippen LogP contribution in [0.25, 0.3) is 0 Å². The average Bonchev–Trinajstić information content (AvgIpc) is 2.28. The smallest absolute Gasteiger partial charge is 0.122 e. The predicted molar refractivity (Wildman–Crippen MR) is 49.6 cm³/mol. The predicted octanol–water partition coefficient (Wildman–Crippen LogP) is -0.906. The van der Waals surface area contributed by atoms with Crippen molar-refractivity contribution in [2.75, 3.05) is 0 Å². The summed E-state index contributed by atoms with van der Waals surface area (Å²) in [6.07, 6.45) is 6.83. The van der Waals surface area contributed by atoms with Crippen molar-refractivity contribution in [3.63, 3.8) is 0 Å². The largest absolute Gasteiger partial charge is 0.595 e. The lowest BCUT2D eigenvalue weighted by molar-refractivity contribution is -1.32. The molecule has 0 aromatic heterocycles. The molecule has 0 aromatic carbocycles. The average molecular weight is 202 g/mol. The summed E-state index contributed by atoms with van der Waals surface area (Å²) in [5.74, 6) is 0. The first kappa shape index (κ1) is 10.3. The van der Waals surface area contributed by atoms with Gasteiger partial charge in [-0.3, -0.25) is 0 Å². The van der Waals surface area contributed by atoms with Gasteiger partial charge >= 0.3 is 0 Å². The zero-order valence-corrected chi connectivity index (χ0v) is 8.33. The summed E-state index contributed by atoms with van der Waals surface area (Å²) < 4.78 is 0. The van der Waals surface area contributed by atoms with Crippen molar-refractivity contribution in [1.82, 2.24) is 0 Å². The third-order valence-electron chi connectivity index (χ3n) is 3.34. The van der Waals surface area contributed by atoms with Crippen molar-refractivity contribution in [2.24, 2.45) is 0 Å². The molecule has 0 amide bonds. The minimum Gasteiger partial charge on any atom is -0.595 e. The summed E-state index contributed by atoms with van der Waals surface area (Å²) >= 11 is 0. The highest BCUT2D eigenvalue weighted by atomic mass is 17.1. The Morgan fingerprint density at radius 3 is 1.79 bits per heavy atom. The molecule has 0 radical (unpaired) electrons. The van der Waals surface area contributed by atoms with Gasteiger partial charge in [0.05, 0.1) is 0 Å². The Labute approximate surface area is 83.7 Å². The fourth-order valence-electron chi connectivity index (χ4n) is 2.39. The zero-order valence-electron chi connectivity index (χ0n) is 8.33. The van der Waals surface area contributed by atoms with Gasteiger partial charge in [-0.1, -0.05) is 6.42 Å². The molecular formula is C9H18N2O3. The Morgan fingerprint density at radius 1 is 0.786 bits per heavy atom. The van der Waals surface area contributed by atoms with Gasteiger partial charge in [0.15, 0.2) is 0 Å². The molecule has 0 aromatic rings. The first-order valence-corrected chi connectivity index (χ1v) is 5.53. The molecule has 1 aliphatic heterocycles. The number of rotatable bonds is 0. The number of quaternary nitrogens is 2. The molecule has 2 bridgehead atoms. The molecule has 4 atom stereocenters. The summed E-state index contributed by atoms with van der Waals surface area (Å²) in [4.78, 5) is 4.84. The molecule has 5 heteroatoms. The van der Waals surface area contributed by atoms with E-state index in [0.29, 0.717) is 0 Å². The highest BCUT2D eigenvalue weighted by molar-refractivity contribution is 4.66. The lowest BCUT2D eigenvalue weighted by Gasteiger charge is -2.30. The van der Waals surface area contributed by atoms with Crippen LogP contribution in [0.5, 0.6) is 0 Å². The first-order chi connectivity index (χ1) is 6.77. The zero-order chi connectivity index (χ0) is 9.97. The highest BCUT2D eigenvalue weighted by Crippen LogP contribution is 2.16. The SMILES string of the molecule is [O-][NH+]1O[NH+]([O-])C2CCCCCC1CC2. The summed E-state index contributed by atoms with van der Waals surface area (Å²) in [7, 11) is 0. The van der Waals surface area contributed by atoms with E-state index in [0.717, 1.165) is 44.9 Å². The molecule has 2 aliphatic rings. The summed E-state index contributed by atoms with van der Waals surface area (Å²) in [6.45, 7) is 0. The Bertz CT molecular complexity index is 173. The van der Waals surface area contributed by atoms with E-state index >= 15 is 0 Å². The van der Waals surface area contributed by atoms with Crippen LogP contribution in [0, 0.1) is 10.4 Å². The van der Waals surface area contributed by atoms with Crippen molar-refractivity contribution in [3.8, 4) is 0 Å². The van der Waals surface area contributed by atoms with E-state index < -0.39 is 0 Å². The molecule has 2 fully saturated rings. The van der Waals surface area contributed by atoms with Crippen LogP contribution < -0.4 is 10.5 Å². The molecule has 1 saturated heterocycles. The van der Waals surface area contributed by atoms with Gasteiger partial charge in [0, 0.05) is 25.7 Å². The van der Waals surface area contributed by atoms with Gasteiger partial charge < -0.3 is 10.4 Å². The van der Waals surface area contributed by atoms with Crippen LogP contribution >= 0.6 is 0 Å². The van der Waals surface area contributed by atoms with Crippen LogP contribution in [0.1, 0.15) is 44.9 Å². The second kappa shape index (κ2) is 4.55. The van der Waals surface area contributed by atoms with Gasteiger partial charge in [-0.15, -0.1) is 0 Å². The minimum absolute atomic E-state index is 0.0120. The van der Waals surface area contributed by atoms with E-state index in [-0.39, 0.29) is 22.5 Å². The van der Waals surface area contributed by atoms with E-state index in [1.807, 2.05) is 0 Å². The lowest BCUT2D eigenvalue weighted by Crippen LogP contribution is -3.27. The Kier molecular flexibility index (Phi) is 3.35. The summed E-state index contributed by atoms with van der Waals surface area (Å²) in [5, 5.41) is 22.4. The maximum absolute atomic E-state index is 11.5. The fourth-order valence-corrected chi connectivity index (χ4v) is 2.39. The number of hydrogen-bond acceptors (Lipinski definition) is 3. The van der Waals surface area contributed by atoms with E-state index in [9.17, 15) is 10.4 Å². The summed E-state index contributed by atoms with van der Waals surface area (Å²) in [5.41, 5.74) is 0. The van der Waals surface area contributed by atoms with E-state index in [1.54, 1.807) is 0 Å². The van der Waals surface area contributed by atoms with Crippen LogP contribution in [-0.2, 0) is 4.94 Å². The highest BCUT2D eigenvalue weighted by Gasteiger charge is 2.31. The van der Waals surface area contributed by atoms with Gasteiger partial charge in [0.1, 0.15) is 12.1 Å². The van der Waals surface area contributed by atoms with Crippen LogP contribution in [0.15, 0.2) is 0 Å². The molecule has 1 aliphatic carbocycles. The van der Waals surface area contributed by atoms with Crippen molar-refractivity contribution in [1.29, 1.82) is 0 Å². The molecule has 0 spiro atoms. The topological polar surface area (TPSA) is 64.2 Å². The third-order valence-corrected chi connectivity index (χ3v) is 3.34. The number of nitrogens with one attached hydrogen (secondary N) is 2. The molecule has 2 N–H and O–H groups in total. The van der Waals surface area contributed by atoms with Crippen LogP contribution in [0.2, 0.25) is 0 Å². The third kappa shape index (κ3) is 2.24. The maximum atomic E-state index is 11.5. The quantitative estimate of drug-likeness (QED) is 0.500. The van der Waals surface area contributed by atoms with Crippen LogP contribution in [-0.4, -0.2) is 12.1 Å². The normalized spacial score (nSPS) is 45.0. The molecule has 2 rings (SSSR count). The van der Waals surface area contributed by atoms with E-state index in [2.05, 4.69) is 0 Å². The molecule has 1 saturated carbocycles. The van der Waals surface area contributed by atoms with Crippen molar-refractivity contribution >= 4 is 0 Å². The number of hydroxylamine groups is 4. The molecule has 14 heavy (non-hydrogen) atoms. The lowest BCUT2D eigenvalue weighted by atomic mass is 10.0. The van der Waals surface area contributed by atoms with E-state index in [4.69, 9.17) is 4.94 Å². The second-order valence-electron chi connectivity index (χ2n) is 4.35. The molecule has 4 unspecified atom stereocenters. The fraction of sp³-hybridized carbons (Fsp3) is 1.00.